The molecule has 0 bridgehead atoms. The van der Waals surface area contributed by atoms with Gasteiger partial charge in [-0.05, 0) is 56.3 Å². The second-order valence-electron chi connectivity index (χ2n) is 7.78. The van der Waals surface area contributed by atoms with Crippen molar-refractivity contribution in [1.29, 1.82) is 0 Å². The molecule has 0 saturated carbocycles. The Kier molecular flexibility index (Phi) is 7.07. The highest BCUT2D eigenvalue weighted by atomic mass is 16.3. The molecule has 3 amide bonds. The van der Waals surface area contributed by atoms with E-state index in [9.17, 15) is 19.2 Å². The average Bonchev–Trinajstić information content (AvgIpc) is 3.31. The molecular weight excluding hydrogens is 426 g/mol. The molecule has 0 saturated heterocycles. The first-order valence-corrected chi connectivity index (χ1v) is 10.3. The van der Waals surface area contributed by atoms with E-state index in [0.29, 0.717) is 22.7 Å². The van der Waals surface area contributed by atoms with Crippen molar-refractivity contribution < 1.29 is 18.8 Å². The van der Waals surface area contributed by atoms with Crippen LogP contribution >= 0.6 is 0 Å². The van der Waals surface area contributed by atoms with Gasteiger partial charge < -0.3 is 20.4 Å². The van der Waals surface area contributed by atoms with E-state index in [1.807, 2.05) is 0 Å². The highest BCUT2D eigenvalue weighted by Gasteiger charge is 2.32. The van der Waals surface area contributed by atoms with Crippen molar-refractivity contribution in [3.05, 3.63) is 70.7 Å². The summed E-state index contributed by atoms with van der Waals surface area (Å²) < 4.78 is 6.42. The molecule has 3 N–H and O–H groups in total. The average molecular weight is 451 g/mol. The molecule has 33 heavy (non-hydrogen) atoms. The summed E-state index contributed by atoms with van der Waals surface area (Å²) in [5.41, 5.74) is -0.267. The van der Waals surface area contributed by atoms with Crippen LogP contribution in [0, 0.1) is 0 Å². The third-order valence-electron chi connectivity index (χ3n) is 4.82. The van der Waals surface area contributed by atoms with Gasteiger partial charge in [0.05, 0.1) is 6.26 Å². The number of rotatable bonds is 8. The second kappa shape index (κ2) is 9.94. The topological polar surface area (TPSA) is 135 Å². The van der Waals surface area contributed by atoms with Gasteiger partial charge in [-0.25, -0.2) is 4.68 Å². The lowest BCUT2D eigenvalue weighted by atomic mass is 10.0. The van der Waals surface area contributed by atoms with Crippen LogP contribution in [0.15, 0.2) is 64.0 Å². The Morgan fingerprint density at radius 3 is 2.33 bits per heavy atom. The summed E-state index contributed by atoms with van der Waals surface area (Å²) in [6.45, 7) is 4.90. The van der Waals surface area contributed by atoms with Gasteiger partial charge in [-0.1, -0.05) is 0 Å². The maximum Gasteiger partial charge on any atom is 0.267 e. The van der Waals surface area contributed by atoms with E-state index in [2.05, 4.69) is 21.0 Å². The van der Waals surface area contributed by atoms with Crippen molar-refractivity contribution in [3.63, 3.8) is 0 Å². The van der Waals surface area contributed by atoms with Gasteiger partial charge in [0.1, 0.15) is 11.2 Å². The highest BCUT2D eigenvalue weighted by molar-refractivity contribution is 5.95. The number of amides is 3. The minimum Gasteiger partial charge on any atom is -0.463 e. The SMILES string of the molecule is CC(=O)Nc1ccc(C(=O)NCCNC(=O)C(C)(C)n2nc(-c3ccco3)ccc2=O)cc1. The number of nitrogens with one attached hydrogen (secondary N) is 3. The van der Waals surface area contributed by atoms with Crippen LogP contribution < -0.4 is 21.5 Å². The minimum absolute atomic E-state index is 0.157. The predicted molar refractivity (Wildman–Crippen MR) is 122 cm³/mol. The fraction of sp³-hybridized carbons (Fsp3) is 0.261. The summed E-state index contributed by atoms with van der Waals surface area (Å²) >= 11 is 0. The standard InChI is InChI=1S/C23H25N5O5/c1-15(29)26-17-8-6-16(7-9-17)21(31)24-12-13-25-22(32)23(2,3)28-20(30)11-10-18(27-28)19-5-4-14-33-19/h4-11,14H,12-13H2,1-3H3,(H,24,31)(H,25,32)(H,26,29). The number of carbonyl (C=O) groups excluding carboxylic acids is 3. The molecule has 0 aliphatic heterocycles. The summed E-state index contributed by atoms with van der Waals surface area (Å²) in [4.78, 5) is 48.5. The number of aromatic nitrogens is 2. The first kappa shape index (κ1) is 23.5. The highest BCUT2D eigenvalue weighted by Crippen LogP contribution is 2.18. The van der Waals surface area contributed by atoms with E-state index in [-0.39, 0.29) is 24.9 Å². The molecule has 0 spiro atoms. The van der Waals surface area contributed by atoms with Crippen molar-refractivity contribution in [2.24, 2.45) is 0 Å². The molecule has 3 aromatic rings. The third kappa shape index (κ3) is 5.73. The van der Waals surface area contributed by atoms with Crippen LogP contribution in [0.2, 0.25) is 0 Å². The largest absolute Gasteiger partial charge is 0.463 e. The zero-order valence-corrected chi connectivity index (χ0v) is 18.5. The van der Waals surface area contributed by atoms with E-state index >= 15 is 0 Å². The number of hydrogen-bond acceptors (Lipinski definition) is 6. The van der Waals surface area contributed by atoms with Crippen LogP contribution in [-0.4, -0.2) is 40.6 Å². The molecule has 0 atom stereocenters. The van der Waals surface area contributed by atoms with Crippen LogP contribution in [0.25, 0.3) is 11.5 Å². The van der Waals surface area contributed by atoms with Gasteiger partial charge in [0, 0.05) is 37.3 Å². The number of anilines is 1. The van der Waals surface area contributed by atoms with Crippen LogP contribution in [0.5, 0.6) is 0 Å². The molecule has 10 heteroatoms. The Morgan fingerprint density at radius 2 is 1.70 bits per heavy atom. The van der Waals surface area contributed by atoms with E-state index in [4.69, 9.17) is 4.42 Å². The fourth-order valence-electron chi connectivity index (χ4n) is 3.04. The first-order chi connectivity index (χ1) is 15.7. The molecule has 0 aliphatic carbocycles. The Morgan fingerprint density at radius 1 is 1.00 bits per heavy atom. The van der Waals surface area contributed by atoms with Gasteiger partial charge in [0.2, 0.25) is 11.8 Å². The third-order valence-corrected chi connectivity index (χ3v) is 4.82. The Hall–Kier alpha value is -4.21. The van der Waals surface area contributed by atoms with Gasteiger partial charge in [-0.15, -0.1) is 0 Å². The van der Waals surface area contributed by atoms with Crippen molar-refractivity contribution in [3.8, 4) is 11.5 Å². The van der Waals surface area contributed by atoms with Crippen LogP contribution in [0.1, 0.15) is 31.1 Å². The second-order valence-corrected chi connectivity index (χ2v) is 7.78. The molecule has 0 radical (unpaired) electrons. The molecule has 0 aliphatic rings. The number of carbonyl (C=O) groups is 3. The van der Waals surface area contributed by atoms with Gasteiger partial charge >= 0.3 is 0 Å². The van der Waals surface area contributed by atoms with Crippen molar-refractivity contribution in [2.45, 2.75) is 26.3 Å². The summed E-state index contributed by atoms with van der Waals surface area (Å²) in [5, 5.41) is 12.3. The predicted octanol–water partition coefficient (Wildman–Crippen LogP) is 1.74. The zero-order valence-electron chi connectivity index (χ0n) is 18.5. The number of furan rings is 1. The van der Waals surface area contributed by atoms with Crippen molar-refractivity contribution in [1.82, 2.24) is 20.4 Å². The molecule has 0 fully saturated rings. The molecular formula is C23H25N5O5. The molecule has 0 unspecified atom stereocenters. The Bertz CT molecular complexity index is 1200. The van der Waals surface area contributed by atoms with Crippen LogP contribution in [0.4, 0.5) is 5.69 Å². The van der Waals surface area contributed by atoms with E-state index in [1.54, 1.807) is 50.2 Å². The lowest BCUT2D eigenvalue weighted by molar-refractivity contribution is -0.129. The normalized spacial score (nSPS) is 11.0. The quantitative estimate of drug-likeness (QED) is 0.447. The first-order valence-electron chi connectivity index (χ1n) is 10.3. The molecule has 2 heterocycles. The summed E-state index contributed by atoms with van der Waals surface area (Å²) in [5.74, 6) is -0.465. The van der Waals surface area contributed by atoms with Crippen LogP contribution in [0.3, 0.4) is 0 Å². The van der Waals surface area contributed by atoms with Crippen molar-refractivity contribution >= 4 is 23.4 Å². The fourth-order valence-corrected chi connectivity index (χ4v) is 3.04. The van der Waals surface area contributed by atoms with E-state index in [0.717, 1.165) is 4.68 Å². The minimum atomic E-state index is -1.27. The summed E-state index contributed by atoms with van der Waals surface area (Å²) in [6, 6.07) is 12.7. The smallest absolute Gasteiger partial charge is 0.267 e. The lowest BCUT2D eigenvalue weighted by Gasteiger charge is -2.25. The number of nitrogens with zero attached hydrogens (tertiary/aromatic N) is 2. The monoisotopic (exact) mass is 451 g/mol. The maximum atomic E-state index is 12.8. The van der Waals surface area contributed by atoms with Gasteiger partial charge in [0.15, 0.2) is 5.76 Å². The number of hydrogen-bond donors (Lipinski definition) is 3. The van der Waals surface area contributed by atoms with Gasteiger partial charge in [0.25, 0.3) is 11.5 Å². The van der Waals surface area contributed by atoms with Crippen LogP contribution in [-0.2, 0) is 15.1 Å². The molecule has 10 nitrogen and oxygen atoms in total. The van der Waals surface area contributed by atoms with Crippen molar-refractivity contribution in [2.75, 3.05) is 18.4 Å². The Labute approximate surface area is 190 Å². The lowest BCUT2D eigenvalue weighted by Crippen LogP contribution is -2.50. The molecule has 2 aromatic heterocycles. The van der Waals surface area contributed by atoms with E-state index in [1.165, 1.54) is 25.3 Å². The van der Waals surface area contributed by atoms with Gasteiger partial charge in [-0.3, -0.25) is 19.2 Å². The molecule has 1 aromatic carbocycles. The summed E-state index contributed by atoms with van der Waals surface area (Å²) in [7, 11) is 0. The number of benzene rings is 1. The van der Waals surface area contributed by atoms with E-state index < -0.39 is 17.0 Å². The zero-order chi connectivity index (χ0) is 24.0. The molecule has 172 valence electrons. The summed E-state index contributed by atoms with van der Waals surface area (Å²) in [6.07, 6.45) is 1.50. The van der Waals surface area contributed by atoms with Gasteiger partial charge in [-0.2, -0.15) is 5.10 Å². The maximum absolute atomic E-state index is 12.8. The Balaban J connectivity index is 1.56. The molecule has 3 rings (SSSR count).